The largest absolute Gasteiger partial charge is 0.391 e. The van der Waals surface area contributed by atoms with Gasteiger partial charge < -0.3 is 20.8 Å². The summed E-state index contributed by atoms with van der Waals surface area (Å²) < 4.78 is 0. The molecule has 2 amide bonds. The molecule has 0 aromatic rings. The maximum absolute atomic E-state index is 11.8. The van der Waals surface area contributed by atoms with Gasteiger partial charge in [-0.15, -0.1) is 0 Å². The molecule has 0 aromatic carbocycles. The first kappa shape index (κ1) is 23.1. The monoisotopic (exact) mass is 352 g/mol. The molecule has 0 aliphatic rings. The minimum atomic E-state index is -1.21. The van der Waals surface area contributed by atoms with Crippen LogP contribution in [0.2, 0.25) is 0 Å². The summed E-state index contributed by atoms with van der Waals surface area (Å²) in [5.41, 5.74) is 2.08. The third-order valence-electron chi connectivity index (χ3n) is 3.42. The van der Waals surface area contributed by atoms with Crippen LogP contribution >= 0.6 is 0 Å². The number of carbonyl (C=O) groups is 2. The van der Waals surface area contributed by atoms with Crippen molar-refractivity contribution < 1.29 is 19.8 Å². The first-order valence-corrected chi connectivity index (χ1v) is 8.65. The molecule has 2 atom stereocenters. The van der Waals surface area contributed by atoms with Crippen molar-refractivity contribution in [2.45, 2.75) is 59.2 Å². The van der Waals surface area contributed by atoms with E-state index < -0.39 is 18.1 Å². The standard InChI is InChI=1S/C19H32N2O4/c1-5-7-14(2)8-6-9-15(3)12-18(24)19(25)20-11-10-17(23)13-21-16(4)22/h6-8,12,17-18,23-24H,5,9-11,13H2,1-4H3,(H,20,25)(H,21,22). The summed E-state index contributed by atoms with van der Waals surface area (Å²) in [6, 6.07) is 0. The van der Waals surface area contributed by atoms with Crippen LogP contribution in [-0.2, 0) is 9.59 Å². The Balaban J connectivity index is 4.18. The maximum atomic E-state index is 11.8. The number of amides is 2. The molecule has 4 N–H and O–H groups in total. The lowest BCUT2D eigenvalue weighted by atomic mass is 10.1. The molecule has 142 valence electrons. The average molecular weight is 352 g/mol. The van der Waals surface area contributed by atoms with Crippen LogP contribution < -0.4 is 10.6 Å². The van der Waals surface area contributed by atoms with Gasteiger partial charge in [0.05, 0.1) is 6.10 Å². The Kier molecular flexibility index (Phi) is 12.4. The Morgan fingerprint density at radius 2 is 1.80 bits per heavy atom. The highest BCUT2D eigenvalue weighted by atomic mass is 16.3. The van der Waals surface area contributed by atoms with Gasteiger partial charge in [0.25, 0.3) is 5.91 Å². The van der Waals surface area contributed by atoms with E-state index in [9.17, 15) is 19.8 Å². The maximum Gasteiger partial charge on any atom is 0.252 e. The van der Waals surface area contributed by atoms with Crippen molar-refractivity contribution >= 4 is 11.8 Å². The number of aliphatic hydroxyl groups excluding tert-OH is 2. The van der Waals surface area contributed by atoms with Gasteiger partial charge in [-0.1, -0.05) is 36.3 Å². The Bertz CT molecular complexity index is 510. The van der Waals surface area contributed by atoms with Gasteiger partial charge >= 0.3 is 0 Å². The van der Waals surface area contributed by atoms with E-state index in [1.54, 1.807) is 0 Å². The van der Waals surface area contributed by atoms with Crippen LogP contribution in [0.25, 0.3) is 0 Å². The zero-order valence-corrected chi connectivity index (χ0v) is 15.7. The SMILES string of the molecule is CCC=C(C)C=CCC(C)=CC(O)C(=O)NCCC(O)CNC(C)=O. The van der Waals surface area contributed by atoms with Crippen molar-refractivity contribution in [3.05, 3.63) is 35.5 Å². The van der Waals surface area contributed by atoms with E-state index in [1.165, 1.54) is 18.6 Å². The van der Waals surface area contributed by atoms with Crippen LogP contribution in [0.3, 0.4) is 0 Å². The van der Waals surface area contributed by atoms with Gasteiger partial charge in [-0.05, 0) is 39.2 Å². The minimum Gasteiger partial charge on any atom is -0.391 e. The summed E-state index contributed by atoms with van der Waals surface area (Å²) in [6.45, 7) is 7.71. The number of rotatable bonds is 11. The molecule has 0 heterocycles. The third kappa shape index (κ3) is 13.1. The summed E-state index contributed by atoms with van der Waals surface area (Å²) in [4.78, 5) is 22.5. The van der Waals surface area contributed by atoms with E-state index in [4.69, 9.17) is 0 Å². The number of hydrogen-bond acceptors (Lipinski definition) is 4. The van der Waals surface area contributed by atoms with Crippen LogP contribution in [0, 0.1) is 0 Å². The first-order valence-electron chi connectivity index (χ1n) is 8.65. The van der Waals surface area contributed by atoms with E-state index in [0.29, 0.717) is 12.8 Å². The molecule has 0 saturated carbocycles. The van der Waals surface area contributed by atoms with Crippen LogP contribution in [-0.4, -0.2) is 47.3 Å². The average Bonchev–Trinajstić information content (AvgIpc) is 2.52. The van der Waals surface area contributed by atoms with Crippen LogP contribution in [0.15, 0.2) is 35.5 Å². The second-order valence-corrected chi connectivity index (χ2v) is 6.09. The van der Waals surface area contributed by atoms with Crippen molar-refractivity contribution in [1.82, 2.24) is 10.6 Å². The molecule has 0 saturated heterocycles. The zero-order chi connectivity index (χ0) is 19.2. The van der Waals surface area contributed by atoms with Crippen molar-refractivity contribution in [2.24, 2.45) is 0 Å². The normalized spacial score (nSPS) is 15.1. The highest BCUT2D eigenvalue weighted by Gasteiger charge is 2.12. The van der Waals surface area contributed by atoms with E-state index in [1.807, 2.05) is 26.0 Å². The van der Waals surface area contributed by atoms with Crippen molar-refractivity contribution in [3.8, 4) is 0 Å². The summed E-state index contributed by atoms with van der Waals surface area (Å²) in [7, 11) is 0. The predicted octanol–water partition coefficient (Wildman–Crippen LogP) is 1.60. The molecule has 0 bridgehead atoms. The van der Waals surface area contributed by atoms with Gasteiger partial charge in [0.1, 0.15) is 0 Å². The third-order valence-corrected chi connectivity index (χ3v) is 3.42. The molecule has 0 spiro atoms. The molecular weight excluding hydrogens is 320 g/mol. The van der Waals surface area contributed by atoms with Crippen molar-refractivity contribution in [2.75, 3.05) is 13.1 Å². The van der Waals surface area contributed by atoms with Gasteiger partial charge in [-0.3, -0.25) is 9.59 Å². The Morgan fingerprint density at radius 1 is 1.12 bits per heavy atom. The van der Waals surface area contributed by atoms with Gasteiger partial charge in [-0.2, -0.15) is 0 Å². The second kappa shape index (κ2) is 13.4. The molecule has 0 fully saturated rings. The molecule has 0 radical (unpaired) electrons. The second-order valence-electron chi connectivity index (χ2n) is 6.09. The molecule has 6 nitrogen and oxygen atoms in total. The Hall–Kier alpha value is -1.92. The first-order chi connectivity index (χ1) is 11.8. The van der Waals surface area contributed by atoms with Crippen LogP contribution in [0.5, 0.6) is 0 Å². The summed E-state index contributed by atoms with van der Waals surface area (Å²) >= 11 is 0. The van der Waals surface area contributed by atoms with Gasteiger partial charge in [0.15, 0.2) is 6.10 Å². The van der Waals surface area contributed by atoms with E-state index in [2.05, 4.69) is 23.6 Å². The molecular formula is C19H32N2O4. The lowest BCUT2D eigenvalue weighted by molar-refractivity contribution is -0.127. The summed E-state index contributed by atoms with van der Waals surface area (Å²) in [6.07, 6.45) is 7.66. The summed E-state index contributed by atoms with van der Waals surface area (Å²) in [5.74, 6) is -0.717. The van der Waals surface area contributed by atoms with Gasteiger partial charge in [-0.25, -0.2) is 0 Å². The Morgan fingerprint density at radius 3 is 2.40 bits per heavy atom. The number of hydrogen-bond donors (Lipinski definition) is 4. The Labute approximate surface area is 150 Å². The molecule has 0 aliphatic carbocycles. The highest BCUT2D eigenvalue weighted by molar-refractivity contribution is 5.82. The minimum absolute atomic E-state index is 0.144. The van der Waals surface area contributed by atoms with Gasteiger partial charge in [0.2, 0.25) is 5.91 Å². The number of carbonyl (C=O) groups excluding carboxylic acids is 2. The molecule has 0 aromatic heterocycles. The zero-order valence-electron chi connectivity index (χ0n) is 15.7. The lowest BCUT2D eigenvalue weighted by Gasteiger charge is -2.13. The van der Waals surface area contributed by atoms with Crippen molar-refractivity contribution in [3.63, 3.8) is 0 Å². The predicted molar refractivity (Wildman–Crippen MR) is 99.9 cm³/mol. The topological polar surface area (TPSA) is 98.7 Å². The molecule has 25 heavy (non-hydrogen) atoms. The molecule has 6 heteroatoms. The van der Waals surface area contributed by atoms with Crippen LogP contribution in [0.1, 0.15) is 47.0 Å². The lowest BCUT2D eigenvalue weighted by Crippen LogP contribution is -2.37. The highest BCUT2D eigenvalue weighted by Crippen LogP contribution is 2.06. The quantitative estimate of drug-likeness (QED) is 0.335. The molecule has 2 unspecified atom stereocenters. The van der Waals surface area contributed by atoms with Gasteiger partial charge in [0, 0.05) is 20.0 Å². The fourth-order valence-electron chi connectivity index (χ4n) is 2.06. The molecule has 0 rings (SSSR count). The van der Waals surface area contributed by atoms with E-state index >= 15 is 0 Å². The van der Waals surface area contributed by atoms with Crippen molar-refractivity contribution in [1.29, 1.82) is 0 Å². The summed E-state index contributed by atoms with van der Waals surface area (Å²) in [5, 5.41) is 24.6. The smallest absolute Gasteiger partial charge is 0.252 e. The number of allylic oxidation sites excluding steroid dienone is 5. The van der Waals surface area contributed by atoms with E-state index in [0.717, 1.165) is 12.0 Å². The number of nitrogens with one attached hydrogen (secondary N) is 2. The fraction of sp³-hybridized carbons (Fsp3) is 0.579. The van der Waals surface area contributed by atoms with E-state index in [-0.39, 0.29) is 19.0 Å². The molecule has 0 aliphatic heterocycles. The fourth-order valence-corrected chi connectivity index (χ4v) is 2.06. The number of aliphatic hydroxyl groups is 2. The van der Waals surface area contributed by atoms with Crippen LogP contribution in [0.4, 0.5) is 0 Å².